The van der Waals surface area contributed by atoms with Crippen LogP contribution in [0.3, 0.4) is 0 Å². The van der Waals surface area contributed by atoms with Crippen LogP contribution in [0.2, 0.25) is 0 Å². The molecule has 1 amide bonds. The highest BCUT2D eigenvalue weighted by Crippen LogP contribution is 2.37. The number of aromatic nitrogens is 4. The predicted molar refractivity (Wildman–Crippen MR) is 144 cm³/mol. The van der Waals surface area contributed by atoms with E-state index in [-0.39, 0.29) is 18.2 Å². The quantitative estimate of drug-likeness (QED) is 0.362. The van der Waals surface area contributed by atoms with Crippen molar-refractivity contribution in [3.8, 4) is 0 Å². The molecule has 38 heavy (non-hydrogen) atoms. The Bertz CT molecular complexity index is 1300. The summed E-state index contributed by atoms with van der Waals surface area (Å²) in [5, 5.41) is 3.02. The van der Waals surface area contributed by atoms with Crippen molar-refractivity contribution in [3.63, 3.8) is 0 Å². The Kier molecular flexibility index (Phi) is 6.89. The Hall–Kier alpha value is -3.28. The Morgan fingerprint density at radius 2 is 2.03 bits per heavy atom. The third kappa shape index (κ3) is 5.05. The number of fused-ring (bicyclic) bond motifs is 1. The lowest BCUT2D eigenvalue weighted by atomic mass is 9.76. The van der Waals surface area contributed by atoms with Crippen LogP contribution in [-0.2, 0) is 14.3 Å². The highest BCUT2D eigenvalue weighted by molar-refractivity contribution is 5.94. The number of nitrogens with one attached hydrogen (secondary N) is 1. The van der Waals surface area contributed by atoms with Crippen LogP contribution < -0.4 is 16.8 Å². The van der Waals surface area contributed by atoms with Gasteiger partial charge in [0.15, 0.2) is 11.5 Å². The van der Waals surface area contributed by atoms with Crippen molar-refractivity contribution in [2.45, 2.75) is 62.8 Å². The van der Waals surface area contributed by atoms with Gasteiger partial charge in [0, 0.05) is 24.9 Å². The van der Waals surface area contributed by atoms with Gasteiger partial charge in [-0.25, -0.2) is 15.0 Å². The van der Waals surface area contributed by atoms with E-state index in [2.05, 4.69) is 32.2 Å². The van der Waals surface area contributed by atoms with Gasteiger partial charge in [0.05, 0.1) is 37.0 Å². The Morgan fingerprint density at radius 1 is 1.18 bits per heavy atom. The third-order valence-electron chi connectivity index (χ3n) is 8.35. The molecule has 0 spiro atoms. The van der Waals surface area contributed by atoms with E-state index in [1.807, 2.05) is 22.8 Å². The maximum atomic E-state index is 12.6. The van der Waals surface area contributed by atoms with Crippen LogP contribution in [0.15, 0.2) is 30.9 Å². The minimum atomic E-state index is -0.0860. The molecule has 1 saturated carbocycles. The first-order valence-electron chi connectivity index (χ1n) is 13.5. The average Bonchev–Trinajstić information content (AvgIpc) is 3.46. The van der Waals surface area contributed by atoms with Gasteiger partial charge in [0.25, 0.3) is 0 Å². The van der Waals surface area contributed by atoms with Crippen molar-refractivity contribution in [2.24, 2.45) is 5.92 Å². The number of nitrogens with two attached hydrogens (primary N) is 2. The first-order chi connectivity index (χ1) is 18.4. The summed E-state index contributed by atoms with van der Waals surface area (Å²) in [5.41, 5.74) is 15.8. The molecular formula is C27H36N8O3. The Labute approximate surface area is 221 Å². The summed E-state index contributed by atoms with van der Waals surface area (Å²) in [6, 6.07) is 6.41. The standard InChI is InChI=1S/C27H36N8O3/c1-34(11-20-4-7-24(38-20)35-15-32-25-26(29)30-14-31-27(25)35)19-8-16(9-19)2-6-23(36)33-22-10-17(3-5-21(22)28)18-12-37-13-18/h3,5,10,14-16,18-20,24H,2,4,6-9,11-13,28H2,1H3,(H,33,36)(H2,29,30,31)/t16?,19?,20-,24+/m0/s1. The second kappa shape index (κ2) is 10.5. The van der Waals surface area contributed by atoms with E-state index in [4.69, 9.17) is 20.9 Å². The molecule has 2 aliphatic heterocycles. The number of benzene rings is 1. The van der Waals surface area contributed by atoms with Gasteiger partial charge in [-0.15, -0.1) is 0 Å². The molecule has 2 saturated heterocycles. The molecule has 2 aromatic heterocycles. The largest absolute Gasteiger partial charge is 0.397 e. The Balaban J connectivity index is 0.927. The molecule has 0 bridgehead atoms. The number of nitrogens with zero attached hydrogens (tertiary/aromatic N) is 5. The molecular weight excluding hydrogens is 484 g/mol. The number of hydrogen-bond acceptors (Lipinski definition) is 9. The number of rotatable bonds is 9. The zero-order chi connectivity index (χ0) is 26.2. The van der Waals surface area contributed by atoms with E-state index in [0.717, 1.165) is 51.9 Å². The number of carbonyl (C=O) groups is 1. The van der Waals surface area contributed by atoms with Gasteiger partial charge >= 0.3 is 0 Å². The molecule has 0 unspecified atom stereocenters. The number of hydrogen-bond donors (Lipinski definition) is 3. The minimum Gasteiger partial charge on any atom is -0.397 e. The highest BCUT2D eigenvalue weighted by atomic mass is 16.5. The summed E-state index contributed by atoms with van der Waals surface area (Å²) in [4.78, 5) is 27.7. The lowest BCUT2D eigenvalue weighted by Gasteiger charge is -2.42. The van der Waals surface area contributed by atoms with Crippen molar-refractivity contribution in [1.29, 1.82) is 0 Å². The van der Waals surface area contributed by atoms with Crippen LogP contribution in [0.4, 0.5) is 17.2 Å². The number of carbonyl (C=O) groups excluding carboxylic acids is 1. The maximum absolute atomic E-state index is 12.6. The fourth-order valence-electron chi connectivity index (χ4n) is 5.78. The van der Waals surface area contributed by atoms with E-state index in [0.29, 0.717) is 52.7 Å². The van der Waals surface area contributed by atoms with Gasteiger partial charge in [-0.05, 0) is 62.8 Å². The molecule has 5 N–H and O–H groups in total. The van der Waals surface area contributed by atoms with Gasteiger partial charge in [0.2, 0.25) is 5.91 Å². The van der Waals surface area contributed by atoms with Crippen LogP contribution in [0.5, 0.6) is 0 Å². The molecule has 3 aliphatic rings. The third-order valence-corrected chi connectivity index (χ3v) is 8.35. The summed E-state index contributed by atoms with van der Waals surface area (Å²) in [5.74, 6) is 1.39. The monoisotopic (exact) mass is 520 g/mol. The molecule has 6 rings (SSSR count). The molecule has 1 aromatic carbocycles. The highest BCUT2D eigenvalue weighted by Gasteiger charge is 2.35. The number of likely N-dealkylation sites (N-methyl/N-ethyl adjacent to an activating group) is 1. The lowest BCUT2D eigenvalue weighted by Crippen LogP contribution is -2.45. The number of imidazole rings is 1. The molecule has 11 nitrogen and oxygen atoms in total. The lowest BCUT2D eigenvalue weighted by molar-refractivity contribution is -0.116. The SMILES string of the molecule is CN(C[C@@H]1CC[C@H](n2cnc3c(N)ncnc32)O1)C1CC(CCC(=O)Nc2cc(C3COC3)ccc2N)C1. The molecule has 1 aliphatic carbocycles. The van der Waals surface area contributed by atoms with Crippen LogP contribution in [0.25, 0.3) is 11.2 Å². The molecule has 2 atom stereocenters. The second-order valence-electron chi connectivity index (χ2n) is 11.0. The number of anilines is 3. The van der Waals surface area contributed by atoms with Gasteiger partial charge in [-0.2, -0.15) is 0 Å². The van der Waals surface area contributed by atoms with E-state index in [1.165, 1.54) is 11.9 Å². The van der Waals surface area contributed by atoms with Gasteiger partial charge < -0.3 is 31.2 Å². The number of ether oxygens (including phenoxy) is 2. The zero-order valence-corrected chi connectivity index (χ0v) is 21.8. The zero-order valence-electron chi connectivity index (χ0n) is 21.8. The molecule has 3 aromatic rings. The summed E-state index contributed by atoms with van der Waals surface area (Å²) >= 11 is 0. The fourth-order valence-corrected chi connectivity index (χ4v) is 5.78. The first kappa shape index (κ1) is 25.0. The molecule has 11 heteroatoms. The second-order valence-corrected chi connectivity index (χ2v) is 11.0. The minimum absolute atomic E-state index is 0.0277. The van der Waals surface area contributed by atoms with Gasteiger partial charge in [-0.3, -0.25) is 9.36 Å². The topological polar surface area (TPSA) is 146 Å². The van der Waals surface area contributed by atoms with Crippen LogP contribution in [-0.4, -0.2) is 69.3 Å². The fraction of sp³-hybridized carbons (Fsp3) is 0.556. The van der Waals surface area contributed by atoms with Gasteiger partial charge in [0.1, 0.15) is 18.1 Å². The maximum Gasteiger partial charge on any atom is 0.224 e. The van der Waals surface area contributed by atoms with E-state index >= 15 is 0 Å². The van der Waals surface area contributed by atoms with Crippen molar-refractivity contribution >= 4 is 34.3 Å². The summed E-state index contributed by atoms with van der Waals surface area (Å²) in [6.45, 7) is 2.35. The molecule has 202 valence electrons. The van der Waals surface area contributed by atoms with E-state index in [1.54, 1.807) is 6.33 Å². The van der Waals surface area contributed by atoms with Crippen molar-refractivity contribution in [2.75, 3.05) is 43.6 Å². The van der Waals surface area contributed by atoms with Crippen molar-refractivity contribution in [1.82, 2.24) is 24.4 Å². The predicted octanol–water partition coefficient (Wildman–Crippen LogP) is 2.91. The average molecular weight is 521 g/mol. The summed E-state index contributed by atoms with van der Waals surface area (Å²) in [7, 11) is 2.17. The number of amides is 1. The first-order valence-corrected chi connectivity index (χ1v) is 13.5. The molecule has 4 heterocycles. The van der Waals surface area contributed by atoms with Crippen LogP contribution in [0, 0.1) is 5.92 Å². The Morgan fingerprint density at radius 3 is 2.82 bits per heavy atom. The summed E-state index contributed by atoms with van der Waals surface area (Å²) < 4.78 is 13.6. The van der Waals surface area contributed by atoms with Crippen LogP contribution in [0.1, 0.15) is 56.2 Å². The summed E-state index contributed by atoms with van der Waals surface area (Å²) in [6.07, 6.45) is 8.82. The van der Waals surface area contributed by atoms with Gasteiger partial charge in [-0.1, -0.05) is 6.07 Å². The van der Waals surface area contributed by atoms with Crippen molar-refractivity contribution in [3.05, 3.63) is 36.4 Å². The smallest absolute Gasteiger partial charge is 0.224 e. The normalized spacial score (nSPS) is 25.4. The van der Waals surface area contributed by atoms with Crippen molar-refractivity contribution < 1.29 is 14.3 Å². The van der Waals surface area contributed by atoms with E-state index in [9.17, 15) is 4.79 Å². The van der Waals surface area contributed by atoms with E-state index < -0.39 is 0 Å². The molecule has 0 radical (unpaired) electrons. The van der Waals surface area contributed by atoms with Crippen LogP contribution >= 0.6 is 0 Å². The number of nitrogen functional groups attached to an aromatic ring is 2. The molecule has 3 fully saturated rings.